The number of fused-ring (bicyclic) bond motifs is 4. The zero-order valence-corrected chi connectivity index (χ0v) is 18.4. The highest BCUT2D eigenvalue weighted by Crippen LogP contribution is 2.43. The largest absolute Gasteiger partial charge is 0.490 e. The number of piperidine rings is 1. The summed E-state index contributed by atoms with van der Waals surface area (Å²) in [6.07, 6.45) is 5.90. The van der Waals surface area contributed by atoms with Gasteiger partial charge in [-0.05, 0) is 80.5 Å². The molecule has 3 atom stereocenters. The van der Waals surface area contributed by atoms with Crippen LogP contribution in [0.15, 0.2) is 63.6 Å². The van der Waals surface area contributed by atoms with Gasteiger partial charge >= 0.3 is 0 Å². The molecule has 5 heteroatoms. The summed E-state index contributed by atoms with van der Waals surface area (Å²) in [6.45, 7) is 2.96. The van der Waals surface area contributed by atoms with Gasteiger partial charge in [0.2, 0.25) is 0 Å². The van der Waals surface area contributed by atoms with E-state index in [0.717, 1.165) is 40.9 Å². The second kappa shape index (κ2) is 7.98. The molecular weight excluding hydrogens is 402 g/mol. The molecule has 0 spiro atoms. The topological polar surface area (TPSA) is 59.0 Å². The Kier molecular flexibility index (Phi) is 4.96. The van der Waals surface area contributed by atoms with Crippen LogP contribution in [0.4, 0.5) is 0 Å². The molecular formula is C27H29NO4. The van der Waals surface area contributed by atoms with Crippen molar-refractivity contribution in [1.82, 2.24) is 4.90 Å². The van der Waals surface area contributed by atoms with E-state index in [0.29, 0.717) is 31.2 Å². The third kappa shape index (κ3) is 3.59. The maximum Gasteiger partial charge on any atom is 0.137 e. The van der Waals surface area contributed by atoms with Gasteiger partial charge in [-0.1, -0.05) is 12.1 Å². The molecule has 4 aromatic rings. The second-order valence-corrected chi connectivity index (χ2v) is 9.46. The lowest BCUT2D eigenvalue weighted by molar-refractivity contribution is 0.0321. The van der Waals surface area contributed by atoms with Crippen LogP contribution in [-0.2, 0) is 0 Å². The number of aliphatic hydroxyl groups is 1. The summed E-state index contributed by atoms with van der Waals surface area (Å²) in [7, 11) is 0. The fourth-order valence-electron chi connectivity index (χ4n) is 5.87. The van der Waals surface area contributed by atoms with Crippen molar-refractivity contribution in [3.8, 4) is 5.75 Å². The van der Waals surface area contributed by atoms with Crippen molar-refractivity contribution < 1.29 is 18.7 Å². The van der Waals surface area contributed by atoms with Crippen LogP contribution in [0, 0.1) is 6.92 Å². The average molecular weight is 432 g/mol. The van der Waals surface area contributed by atoms with Crippen molar-refractivity contribution in [1.29, 1.82) is 0 Å². The van der Waals surface area contributed by atoms with Crippen LogP contribution in [0.5, 0.6) is 5.75 Å². The van der Waals surface area contributed by atoms with Crippen molar-refractivity contribution >= 4 is 21.9 Å². The van der Waals surface area contributed by atoms with E-state index in [1.165, 1.54) is 23.8 Å². The van der Waals surface area contributed by atoms with Crippen molar-refractivity contribution in [3.05, 3.63) is 66.1 Å². The Morgan fingerprint density at radius 1 is 1.06 bits per heavy atom. The van der Waals surface area contributed by atoms with E-state index in [9.17, 15) is 5.11 Å². The number of hydrogen-bond donors (Lipinski definition) is 1. The molecule has 4 heterocycles. The van der Waals surface area contributed by atoms with Gasteiger partial charge in [0.15, 0.2) is 0 Å². The molecule has 0 radical (unpaired) electrons. The van der Waals surface area contributed by atoms with Gasteiger partial charge < -0.3 is 18.7 Å². The zero-order valence-electron chi connectivity index (χ0n) is 18.4. The Labute approximate surface area is 187 Å². The zero-order chi connectivity index (χ0) is 21.7. The molecule has 0 amide bonds. The molecule has 2 aromatic heterocycles. The van der Waals surface area contributed by atoms with Crippen molar-refractivity contribution in [2.24, 2.45) is 0 Å². The van der Waals surface area contributed by atoms with Crippen LogP contribution < -0.4 is 4.74 Å². The summed E-state index contributed by atoms with van der Waals surface area (Å²) in [6, 6.07) is 17.5. The molecule has 166 valence electrons. The fourth-order valence-corrected chi connectivity index (χ4v) is 5.87. The first-order valence-corrected chi connectivity index (χ1v) is 11.7. The highest BCUT2D eigenvalue weighted by Gasteiger charge is 2.41. The molecule has 2 aliphatic rings. The SMILES string of the molecule is Cc1cc2cc(C3CC4CCC(C3)N4C[C@H](O)COc3cccc4occc34)ccc2o1. The summed E-state index contributed by atoms with van der Waals surface area (Å²) in [5.41, 5.74) is 3.20. The molecule has 0 saturated carbocycles. The van der Waals surface area contributed by atoms with Crippen molar-refractivity contribution in [2.45, 2.75) is 56.7 Å². The molecule has 6 rings (SSSR count). The Bertz CT molecular complexity index is 1230. The second-order valence-electron chi connectivity index (χ2n) is 9.46. The van der Waals surface area contributed by atoms with E-state index >= 15 is 0 Å². The number of aliphatic hydroxyl groups excluding tert-OH is 1. The van der Waals surface area contributed by atoms with Gasteiger partial charge in [0.05, 0.1) is 11.6 Å². The van der Waals surface area contributed by atoms with E-state index in [2.05, 4.69) is 29.2 Å². The Morgan fingerprint density at radius 2 is 1.91 bits per heavy atom. The van der Waals surface area contributed by atoms with E-state index in [-0.39, 0.29) is 0 Å². The van der Waals surface area contributed by atoms with Crippen LogP contribution >= 0.6 is 0 Å². The maximum atomic E-state index is 10.8. The summed E-state index contributed by atoms with van der Waals surface area (Å²) in [5.74, 6) is 2.31. The average Bonchev–Trinajstić information content (AvgIpc) is 3.46. The summed E-state index contributed by atoms with van der Waals surface area (Å²) < 4.78 is 17.1. The van der Waals surface area contributed by atoms with Crippen LogP contribution in [0.25, 0.3) is 21.9 Å². The predicted octanol–water partition coefficient (Wildman–Crippen LogP) is 5.64. The highest BCUT2D eigenvalue weighted by molar-refractivity contribution is 5.83. The minimum atomic E-state index is -0.512. The molecule has 2 aliphatic heterocycles. The number of rotatable bonds is 6. The first kappa shape index (κ1) is 19.9. The van der Waals surface area contributed by atoms with E-state index < -0.39 is 6.10 Å². The van der Waals surface area contributed by atoms with Crippen LogP contribution in [0.3, 0.4) is 0 Å². The van der Waals surface area contributed by atoms with Crippen molar-refractivity contribution in [3.63, 3.8) is 0 Å². The van der Waals surface area contributed by atoms with Gasteiger partial charge in [-0.2, -0.15) is 0 Å². The van der Waals surface area contributed by atoms with Crippen LogP contribution in [0.1, 0.15) is 42.9 Å². The van der Waals surface area contributed by atoms with Crippen LogP contribution in [-0.4, -0.2) is 41.3 Å². The number of nitrogens with zero attached hydrogens (tertiary/aromatic N) is 1. The quantitative estimate of drug-likeness (QED) is 0.428. The van der Waals surface area contributed by atoms with Crippen LogP contribution in [0.2, 0.25) is 0 Å². The van der Waals surface area contributed by atoms with E-state index in [4.69, 9.17) is 13.6 Å². The van der Waals surface area contributed by atoms with E-state index in [1.807, 2.05) is 31.2 Å². The lowest BCUT2D eigenvalue weighted by Crippen LogP contribution is -2.47. The monoisotopic (exact) mass is 431 g/mol. The summed E-state index contributed by atoms with van der Waals surface area (Å²) in [5, 5.41) is 12.9. The molecule has 32 heavy (non-hydrogen) atoms. The molecule has 2 aromatic carbocycles. The number of hydrogen-bond acceptors (Lipinski definition) is 5. The highest BCUT2D eigenvalue weighted by atomic mass is 16.5. The molecule has 1 N–H and O–H groups in total. The Balaban J connectivity index is 1.10. The third-order valence-electron chi connectivity index (χ3n) is 7.33. The first-order valence-electron chi connectivity index (χ1n) is 11.7. The van der Waals surface area contributed by atoms with Gasteiger partial charge in [-0.15, -0.1) is 0 Å². The molecule has 0 aliphatic carbocycles. The molecule has 2 fully saturated rings. The molecule has 2 saturated heterocycles. The van der Waals surface area contributed by atoms with Gasteiger partial charge in [0, 0.05) is 24.0 Å². The summed E-state index contributed by atoms with van der Waals surface area (Å²) >= 11 is 0. The van der Waals surface area contributed by atoms with Gasteiger partial charge in [-0.25, -0.2) is 0 Å². The molecule has 5 nitrogen and oxygen atoms in total. The Morgan fingerprint density at radius 3 is 2.75 bits per heavy atom. The maximum absolute atomic E-state index is 10.8. The predicted molar refractivity (Wildman–Crippen MR) is 124 cm³/mol. The third-order valence-corrected chi connectivity index (χ3v) is 7.33. The smallest absolute Gasteiger partial charge is 0.137 e. The molecule has 2 unspecified atom stereocenters. The van der Waals surface area contributed by atoms with Crippen molar-refractivity contribution in [2.75, 3.05) is 13.2 Å². The normalized spacial score (nSPS) is 24.4. The van der Waals surface area contributed by atoms with E-state index in [1.54, 1.807) is 6.26 Å². The minimum Gasteiger partial charge on any atom is -0.490 e. The Hall–Kier alpha value is -2.76. The van der Waals surface area contributed by atoms with Gasteiger partial charge in [0.25, 0.3) is 0 Å². The number of furan rings is 2. The number of benzene rings is 2. The minimum absolute atomic E-state index is 0.292. The first-order chi connectivity index (χ1) is 15.6. The van der Waals surface area contributed by atoms with Gasteiger partial charge in [-0.3, -0.25) is 4.90 Å². The van der Waals surface area contributed by atoms with Gasteiger partial charge in [0.1, 0.15) is 35.4 Å². The lowest BCUT2D eigenvalue weighted by atomic mass is 9.84. The molecule has 2 bridgehead atoms. The number of aryl methyl sites for hydroxylation is 1. The summed E-state index contributed by atoms with van der Waals surface area (Å²) in [4.78, 5) is 2.53. The standard InChI is InChI=1S/C27H29NO4/c1-17-11-20-12-18(5-8-25(20)32-17)19-13-21-6-7-22(14-19)28(21)15-23(29)16-31-27-4-2-3-26-24(27)9-10-30-26/h2-5,8-12,19,21-23,29H,6-7,13-16H2,1H3/t19?,21?,22?,23-/m0/s1. The fraction of sp³-hybridized carbons (Fsp3) is 0.407. The number of ether oxygens (including phenoxy) is 1. The lowest BCUT2D eigenvalue weighted by Gasteiger charge is -2.40.